The van der Waals surface area contributed by atoms with Crippen molar-refractivity contribution in [1.82, 2.24) is 4.57 Å². The standard InChI is InChI=1S/C10H6N4O2S/c11-13-12-9(16)8-3-5-17-10(8)14-4-1-2-7(14)6-15/h1-6H. The summed E-state index contributed by atoms with van der Waals surface area (Å²) in [4.78, 5) is 24.8. The molecule has 84 valence electrons. The summed E-state index contributed by atoms with van der Waals surface area (Å²) in [5, 5.41) is 5.30. The van der Waals surface area contributed by atoms with E-state index in [1.54, 1.807) is 34.3 Å². The molecule has 2 rings (SSSR count). The van der Waals surface area contributed by atoms with Crippen LogP contribution in [0.15, 0.2) is 34.9 Å². The SMILES string of the molecule is [N-]=[N+]=NC(=O)c1ccsc1-n1cccc1C=O. The van der Waals surface area contributed by atoms with Crippen molar-refractivity contribution < 1.29 is 9.59 Å². The maximum atomic E-state index is 11.5. The molecule has 7 heteroatoms. The Bertz CT molecular complexity index is 622. The summed E-state index contributed by atoms with van der Waals surface area (Å²) in [6.07, 6.45) is 2.37. The van der Waals surface area contributed by atoms with Crippen LogP contribution >= 0.6 is 11.3 Å². The van der Waals surface area contributed by atoms with Crippen LogP contribution in [0.2, 0.25) is 0 Å². The third-order valence-electron chi connectivity index (χ3n) is 2.13. The monoisotopic (exact) mass is 246 g/mol. The highest BCUT2D eigenvalue weighted by atomic mass is 32.1. The first-order valence-corrected chi connectivity index (χ1v) is 5.45. The van der Waals surface area contributed by atoms with E-state index in [4.69, 9.17) is 5.53 Å². The predicted molar refractivity (Wildman–Crippen MR) is 62.5 cm³/mol. The number of carbonyl (C=O) groups is 2. The van der Waals surface area contributed by atoms with Gasteiger partial charge in [-0.2, -0.15) is 0 Å². The molecule has 0 aliphatic carbocycles. The summed E-state index contributed by atoms with van der Waals surface area (Å²) >= 11 is 1.29. The van der Waals surface area contributed by atoms with Crippen molar-refractivity contribution in [2.75, 3.05) is 0 Å². The van der Waals surface area contributed by atoms with Crippen LogP contribution in [0.5, 0.6) is 0 Å². The minimum atomic E-state index is -0.658. The van der Waals surface area contributed by atoms with E-state index in [-0.39, 0.29) is 5.56 Å². The number of aldehydes is 1. The van der Waals surface area contributed by atoms with E-state index >= 15 is 0 Å². The molecule has 0 fully saturated rings. The van der Waals surface area contributed by atoms with Crippen molar-refractivity contribution in [3.63, 3.8) is 0 Å². The molecular weight excluding hydrogens is 240 g/mol. The van der Waals surface area contributed by atoms with Gasteiger partial charge in [-0.1, -0.05) is 0 Å². The molecule has 0 unspecified atom stereocenters. The van der Waals surface area contributed by atoms with Gasteiger partial charge in [0, 0.05) is 11.1 Å². The summed E-state index contributed by atoms with van der Waals surface area (Å²) in [5.74, 6) is -0.658. The Labute approximate surface area is 99.7 Å². The predicted octanol–water partition coefficient (Wildman–Crippen LogP) is 2.80. The molecule has 1 amide bonds. The molecule has 0 aliphatic heterocycles. The van der Waals surface area contributed by atoms with Crippen LogP contribution in [0.4, 0.5) is 0 Å². The Morgan fingerprint density at radius 3 is 3.06 bits per heavy atom. The van der Waals surface area contributed by atoms with Gasteiger partial charge in [0.25, 0.3) is 5.91 Å². The first-order chi connectivity index (χ1) is 8.27. The van der Waals surface area contributed by atoms with Crippen LogP contribution in [0, 0.1) is 0 Å². The molecule has 2 aromatic heterocycles. The Morgan fingerprint density at radius 1 is 1.53 bits per heavy atom. The Kier molecular flexibility index (Phi) is 3.04. The van der Waals surface area contributed by atoms with Crippen molar-refractivity contribution in [3.05, 3.63) is 51.5 Å². The molecule has 0 aromatic carbocycles. The smallest absolute Gasteiger partial charge is 0.252 e. The zero-order valence-electron chi connectivity index (χ0n) is 8.48. The van der Waals surface area contributed by atoms with Gasteiger partial charge in [0.2, 0.25) is 0 Å². The number of azide groups is 1. The minimum absolute atomic E-state index is 0.284. The van der Waals surface area contributed by atoms with Crippen LogP contribution in [-0.4, -0.2) is 16.8 Å². The van der Waals surface area contributed by atoms with E-state index in [9.17, 15) is 9.59 Å². The van der Waals surface area contributed by atoms with Gasteiger partial charge in [0.1, 0.15) is 5.00 Å². The van der Waals surface area contributed by atoms with E-state index in [2.05, 4.69) is 10.0 Å². The van der Waals surface area contributed by atoms with E-state index in [0.717, 1.165) is 0 Å². The number of carbonyl (C=O) groups excluding carboxylic acids is 2. The Balaban J connectivity index is 2.54. The summed E-state index contributed by atoms with van der Waals surface area (Å²) in [6, 6.07) is 4.89. The van der Waals surface area contributed by atoms with E-state index in [0.29, 0.717) is 17.0 Å². The second-order valence-electron chi connectivity index (χ2n) is 3.05. The Morgan fingerprint density at radius 2 is 2.35 bits per heavy atom. The number of aromatic nitrogens is 1. The van der Waals surface area contributed by atoms with Crippen LogP contribution in [0.25, 0.3) is 15.4 Å². The lowest BCUT2D eigenvalue weighted by Gasteiger charge is -2.03. The molecule has 0 bridgehead atoms. The second-order valence-corrected chi connectivity index (χ2v) is 3.95. The van der Waals surface area contributed by atoms with Gasteiger partial charge >= 0.3 is 0 Å². The highest BCUT2D eigenvalue weighted by Crippen LogP contribution is 2.24. The van der Waals surface area contributed by atoms with E-state index < -0.39 is 5.91 Å². The van der Waals surface area contributed by atoms with Gasteiger partial charge in [0.15, 0.2) is 6.29 Å². The maximum absolute atomic E-state index is 11.5. The van der Waals surface area contributed by atoms with Crippen molar-refractivity contribution in [2.45, 2.75) is 0 Å². The van der Waals surface area contributed by atoms with Crippen LogP contribution in [-0.2, 0) is 0 Å². The highest BCUT2D eigenvalue weighted by molar-refractivity contribution is 7.13. The average molecular weight is 246 g/mol. The van der Waals surface area contributed by atoms with Crippen LogP contribution in [0.1, 0.15) is 20.8 Å². The van der Waals surface area contributed by atoms with Crippen molar-refractivity contribution >= 4 is 23.5 Å². The molecule has 0 atom stereocenters. The summed E-state index contributed by atoms with van der Waals surface area (Å²) in [5.41, 5.74) is 8.95. The Hall–Kier alpha value is -2.37. The molecule has 6 nitrogen and oxygen atoms in total. The summed E-state index contributed by atoms with van der Waals surface area (Å²) in [7, 11) is 0. The lowest BCUT2D eigenvalue weighted by atomic mass is 10.3. The van der Waals surface area contributed by atoms with Crippen molar-refractivity contribution in [1.29, 1.82) is 0 Å². The van der Waals surface area contributed by atoms with Crippen LogP contribution in [0.3, 0.4) is 0 Å². The van der Waals surface area contributed by atoms with Crippen molar-refractivity contribution in [2.24, 2.45) is 5.11 Å². The van der Waals surface area contributed by atoms with Crippen LogP contribution < -0.4 is 0 Å². The molecule has 2 aromatic rings. The number of rotatable bonds is 3. The fourth-order valence-electron chi connectivity index (χ4n) is 1.42. The fraction of sp³-hybridized carbons (Fsp3) is 0. The van der Waals surface area contributed by atoms with E-state index in [1.165, 1.54) is 11.3 Å². The molecule has 17 heavy (non-hydrogen) atoms. The first kappa shape index (κ1) is 11.1. The number of hydrogen-bond donors (Lipinski definition) is 0. The molecule has 0 N–H and O–H groups in total. The third-order valence-corrected chi connectivity index (χ3v) is 3.04. The molecule has 0 spiro atoms. The highest BCUT2D eigenvalue weighted by Gasteiger charge is 2.14. The zero-order chi connectivity index (χ0) is 12.3. The molecule has 0 saturated carbocycles. The molecule has 0 aliphatic rings. The lowest BCUT2D eigenvalue weighted by Crippen LogP contribution is -2.01. The maximum Gasteiger partial charge on any atom is 0.252 e. The normalized spacial score (nSPS) is 9.65. The second kappa shape index (κ2) is 4.65. The van der Waals surface area contributed by atoms with Gasteiger partial charge in [-0.3, -0.25) is 9.59 Å². The third kappa shape index (κ3) is 1.96. The fourth-order valence-corrected chi connectivity index (χ4v) is 2.32. The molecule has 0 saturated heterocycles. The number of thiophene rings is 1. The lowest BCUT2D eigenvalue weighted by molar-refractivity contribution is 0.0999. The zero-order valence-corrected chi connectivity index (χ0v) is 9.29. The van der Waals surface area contributed by atoms with Crippen molar-refractivity contribution in [3.8, 4) is 5.00 Å². The summed E-state index contributed by atoms with van der Waals surface area (Å²) < 4.78 is 1.58. The number of hydrogen-bond acceptors (Lipinski definition) is 3. The molecule has 0 radical (unpaired) electrons. The molecular formula is C10H6N4O2S. The van der Waals surface area contributed by atoms with Gasteiger partial charge in [-0.15, -0.1) is 11.3 Å². The van der Waals surface area contributed by atoms with Gasteiger partial charge in [0.05, 0.1) is 11.3 Å². The minimum Gasteiger partial charge on any atom is -0.305 e. The number of amides is 1. The topological polar surface area (TPSA) is 87.8 Å². The average Bonchev–Trinajstić information content (AvgIpc) is 2.97. The van der Waals surface area contributed by atoms with E-state index in [1.807, 2.05) is 0 Å². The molecule has 2 heterocycles. The van der Waals surface area contributed by atoms with Gasteiger partial charge in [-0.05, 0) is 34.2 Å². The largest absolute Gasteiger partial charge is 0.305 e. The summed E-state index contributed by atoms with van der Waals surface area (Å²) in [6.45, 7) is 0. The number of nitrogens with zero attached hydrogens (tertiary/aromatic N) is 4. The van der Waals surface area contributed by atoms with Gasteiger partial charge in [-0.25, -0.2) is 0 Å². The van der Waals surface area contributed by atoms with Gasteiger partial charge < -0.3 is 4.57 Å². The quantitative estimate of drug-likeness (QED) is 0.360. The first-order valence-electron chi connectivity index (χ1n) is 4.57.